The highest BCUT2D eigenvalue weighted by atomic mass is 32.2. The highest BCUT2D eigenvalue weighted by Gasteiger charge is 2.43. The molecule has 1 amide bonds. The summed E-state index contributed by atoms with van der Waals surface area (Å²) in [5.41, 5.74) is 5.48. The molecule has 3 nitrogen and oxygen atoms in total. The molecule has 0 aromatic rings. The number of nitrogens with one attached hydrogen (secondary N) is 1. The van der Waals surface area contributed by atoms with E-state index in [0.29, 0.717) is 12.6 Å². The van der Waals surface area contributed by atoms with Gasteiger partial charge < -0.3 is 11.1 Å². The lowest BCUT2D eigenvalue weighted by Crippen LogP contribution is -2.52. The van der Waals surface area contributed by atoms with E-state index in [4.69, 9.17) is 5.73 Å². The molecular formula is C10H18N2OS. The Morgan fingerprint density at radius 2 is 2.36 bits per heavy atom. The number of rotatable bonds is 3. The van der Waals surface area contributed by atoms with Crippen LogP contribution in [-0.2, 0) is 4.79 Å². The molecule has 1 heterocycles. The van der Waals surface area contributed by atoms with E-state index in [2.05, 4.69) is 5.32 Å². The first kappa shape index (κ1) is 10.3. The summed E-state index contributed by atoms with van der Waals surface area (Å²) in [7, 11) is 0. The van der Waals surface area contributed by atoms with Gasteiger partial charge in [0.05, 0.1) is 5.41 Å². The van der Waals surface area contributed by atoms with Gasteiger partial charge >= 0.3 is 0 Å². The van der Waals surface area contributed by atoms with E-state index in [9.17, 15) is 4.79 Å². The Bertz CT molecular complexity index is 217. The zero-order valence-electron chi connectivity index (χ0n) is 8.42. The molecule has 0 aromatic heterocycles. The molecule has 1 saturated heterocycles. The van der Waals surface area contributed by atoms with Crippen LogP contribution < -0.4 is 11.1 Å². The van der Waals surface area contributed by atoms with Crippen molar-refractivity contribution in [2.45, 2.75) is 31.7 Å². The second-order valence-corrected chi connectivity index (χ2v) is 5.52. The van der Waals surface area contributed by atoms with E-state index < -0.39 is 0 Å². The molecular weight excluding hydrogens is 196 g/mol. The number of hydrogen-bond acceptors (Lipinski definition) is 3. The van der Waals surface area contributed by atoms with Crippen molar-refractivity contribution in [3.05, 3.63) is 0 Å². The molecule has 1 aliphatic carbocycles. The first-order valence-electron chi connectivity index (χ1n) is 5.36. The summed E-state index contributed by atoms with van der Waals surface area (Å²) in [5, 5.41) is 3.13. The van der Waals surface area contributed by atoms with Gasteiger partial charge in [-0.3, -0.25) is 4.79 Å². The quantitative estimate of drug-likeness (QED) is 0.728. The van der Waals surface area contributed by atoms with Crippen molar-refractivity contribution in [2.24, 2.45) is 11.1 Å². The van der Waals surface area contributed by atoms with Gasteiger partial charge in [0.15, 0.2) is 0 Å². The summed E-state index contributed by atoms with van der Waals surface area (Å²) >= 11 is 1.92. The number of hydrogen-bond donors (Lipinski definition) is 2. The molecule has 14 heavy (non-hydrogen) atoms. The molecule has 0 bridgehead atoms. The second-order valence-electron chi connectivity index (χ2n) is 4.37. The Hall–Kier alpha value is -0.220. The monoisotopic (exact) mass is 214 g/mol. The maximum atomic E-state index is 11.9. The SMILES string of the molecule is NCC1(C(=O)NC2CCSC2)CCC1. The van der Waals surface area contributed by atoms with Crippen LogP contribution >= 0.6 is 11.8 Å². The Balaban J connectivity index is 1.87. The van der Waals surface area contributed by atoms with Crippen LogP contribution in [-0.4, -0.2) is 30.0 Å². The Kier molecular flexibility index (Phi) is 3.02. The van der Waals surface area contributed by atoms with Crippen LogP contribution in [0.3, 0.4) is 0 Å². The second kappa shape index (κ2) is 4.11. The van der Waals surface area contributed by atoms with Crippen molar-refractivity contribution in [1.29, 1.82) is 0 Å². The van der Waals surface area contributed by atoms with Crippen LogP contribution in [0.15, 0.2) is 0 Å². The maximum absolute atomic E-state index is 11.9. The third-order valence-electron chi connectivity index (χ3n) is 3.45. The minimum absolute atomic E-state index is 0.201. The summed E-state index contributed by atoms with van der Waals surface area (Å²) < 4.78 is 0. The Morgan fingerprint density at radius 3 is 2.79 bits per heavy atom. The minimum atomic E-state index is -0.201. The molecule has 3 N–H and O–H groups in total. The molecule has 0 radical (unpaired) electrons. The molecule has 0 spiro atoms. The van der Waals surface area contributed by atoms with Gasteiger partial charge in [-0.05, 0) is 25.0 Å². The Morgan fingerprint density at radius 1 is 1.57 bits per heavy atom. The van der Waals surface area contributed by atoms with Crippen molar-refractivity contribution in [3.63, 3.8) is 0 Å². The molecule has 2 fully saturated rings. The van der Waals surface area contributed by atoms with Gasteiger partial charge in [-0.15, -0.1) is 0 Å². The average molecular weight is 214 g/mol. The molecule has 0 aromatic carbocycles. The van der Waals surface area contributed by atoms with Crippen LogP contribution in [0, 0.1) is 5.41 Å². The van der Waals surface area contributed by atoms with Crippen molar-refractivity contribution < 1.29 is 4.79 Å². The predicted octanol–water partition coefficient (Wildman–Crippen LogP) is 0.737. The Labute approximate surface area is 89.2 Å². The number of thioether (sulfide) groups is 1. The van der Waals surface area contributed by atoms with Crippen LogP contribution in [0.1, 0.15) is 25.7 Å². The largest absolute Gasteiger partial charge is 0.352 e. The fourth-order valence-corrected chi connectivity index (χ4v) is 3.27. The van der Waals surface area contributed by atoms with Crippen LogP contribution in [0.2, 0.25) is 0 Å². The molecule has 80 valence electrons. The first-order chi connectivity index (χ1) is 6.77. The molecule has 1 saturated carbocycles. The molecule has 4 heteroatoms. The predicted molar refractivity (Wildman–Crippen MR) is 59.2 cm³/mol. The summed E-state index contributed by atoms with van der Waals surface area (Å²) in [4.78, 5) is 11.9. The van der Waals surface area contributed by atoms with Crippen LogP contribution in [0.5, 0.6) is 0 Å². The molecule has 2 rings (SSSR count). The molecule has 1 unspecified atom stereocenters. The van der Waals surface area contributed by atoms with Crippen molar-refractivity contribution in [3.8, 4) is 0 Å². The van der Waals surface area contributed by atoms with E-state index in [1.807, 2.05) is 11.8 Å². The minimum Gasteiger partial charge on any atom is -0.352 e. The average Bonchev–Trinajstić information content (AvgIpc) is 2.55. The zero-order valence-corrected chi connectivity index (χ0v) is 9.24. The number of carbonyl (C=O) groups excluding carboxylic acids is 1. The number of nitrogens with two attached hydrogens (primary N) is 1. The normalized spacial score (nSPS) is 29.6. The first-order valence-corrected chi connectivity index (χ1v) is 6.51. The fraction of sp³-hybridized carbons (Fsp3) is 0.900. The lowest BCUT2D eigenvalue weighted by atomic mass is 9.68. The van der Waals surface area contributed by atoms with Crippen molar-refractivity contribution >= 4 is 17.7 Å². The zero-order chi connectivity index (χ0) is 10.0. The topological polar surface area (TPSA) is 55.1 Å². The van der Waals surface area contributed by atoms with E-state index in [1.165, 1.54) is 5.75 Å². The van der Waals surface area contributed by atoms with Gasteiger partial charge in [-0.2, -0.15) is 11.8 Å². The lowest BCUT2D eigenvalue weighted by molar-refractivity contribution is -0.135. The standard InChI is InChI=1S/C10H18N2OS/c11-7-10(3-1-4-10)9(13)12-8-2-5-14-6-8/h8H,1-7,11H2,(H,12,13). The lowest BCUT2D eigenvalue weighted by Gasteiger charge is -2.39. The molecule has 1 aliphatic heterocycles. The number of carbonyl (C=O) groups is 1. The van der Waals surface area contributed by atoms with E-state index >= 15 is 0 Å². The van der Waals surface area contributed by atoms with Crippen molar-refractivity contribution in [2.75, 3.05) is 18.1 Å². The third kappa shape index (κ3) is 1.77. The van der Waals surface area contributed by atoms with Crippen molar-refractivity contribution in [1.82, 2.24) is 5.32 Å². The summed E-state index contributed by atoms with van der Waals surface area (Å²) in [6.07, 6.45) is 4.24. The van der Waals surface area contributed by atoms with Gasteiger partial charge in [-0.1, -0.05) is 6.42 Å². The van der Waals surface area contributed by atoms with Crippen LogP contribution in [0.4, 0.5) is 0 Å². The van der Waals surface area contributed by atoms with Gasteiger partial charge in [0.2, 0.25) is 5.91 Å². The fourth-order valence-electron chi connectivity index (χ4n) is 2.11. The molecule has 1 atom stereocenters. The van der Waals surface area contributed by atoms with Gasteiger partial charge in [0, 0.05) is 18.3 Å². The smallest absolute Gasteiger partial charge is 0.227 e. The van der Waals surface area contributed by atoms with Gasteiger partial charge in [-0.25, -0.2) is 0 Å². The van der Waals surface area contributed by atoms with Gasteiger partial charge in [0.25, 0.3) is 0 Å². The third-order valence-corrected chi connectivity index (χ3v) is 4.61. The summed E-state index contributed by atoms with van der Waals surface area (Å²) in [6, 6.07) is 0.400. The van der Waals surface area contributed by atoms with E-state index in [-0.39, 0.29) is 11.3 Å². The van der Waals surface area contributed by atoms with Crippen LogP contribution in [0.25, 0.3) is 0 Å². The van der Waals surface area contributed by atoms with Gasteiger partial charge in [0.1, 0.15) is 0 Å². The maximum Gasteiger partial charge on any atom is 0.227 e. The summed E-state index contributed by atoms with van der Waals surface area (Å²) in [5.74, 6) is 2.46. The highest BCUT2D eigenvalue weighted by Crippen LogP contribution is 2.40. The van der Waals surface area contributed by atoms with E-state index in [0.717, 1.165) is 31.4 Å². The highest BCUT2D eigenvalue weighted by molar-refractivity contribution is 7.99. The van der Waals surface area contributed by atoms with E-state index in [1.54, 1.807) is 0 Å². The molecule has 2 aliphatic rings. The summed E-state index contributed by atoms with van der Waals surface area (Å²) in [6.45, 7) is 0.513. The number of amides is 1.